The molecule has 0 radical (unpaired) electrons. The summed E-state index contributed by atoms with van der Waals surface area (Å²) in [6.07, 6.45) is 0. The molecular weight excluding hydrogens is 192 g/mol. The Morgan fingerprint density at radius 1 is 1.00 bits per heavy atom. The van der Waals surface area contributed by atoms with Crippen LogP contribution >= 0.6 is 49.3 Å². The number of rotatable bonds is 6. The summed E-state index contributed by atoms with van der Waals surface area (Å²) in [5.41, 5.74) is 0. The van der Waals surface area contributed by atoms with E-state index in [-0.39, 0.29) is 0 Å². The smallest absolute Gasteiger partial charge is 0.0298 e. The Labute approximate surface area is 75.9 Å². The van der Waals surface area contributed by atoms with Gasteiger partial charge in [0, 0.05) is 47.1 Å². The molecule has 0 spiro atoms. The topological polar surface area (TPSA) is 9.23 Å². The third-order valence-electron chi connectivity index (χ3n) is 0.445. The first-order chi connectivity index (χ1) is 4.41. The molecule has 56 valence electrons. The standard InChI is InChI=1S/C4H10OS4/c6-1-3-8-5-9-4-2-7/h6-7H,1-4H2. The van der Waals surface area contributed by atoms with Gasteiger partial charge in [0.25, 0.3) is 0 Å². The van der Waals surface area contributed by atoms with Crippen LogP contribution in [0, 0.1) is 0 Å². The normalized spacial score (nSPS) is 10.0. The SMILES string of the molecule is SCCSOSCCS. The van der Waals surface area contributed by atoms with Crippen molar-refractivity contribution in [1.82, 2.24) is 0 Å². The molecular formula is C4H10OS4. The Morgan fingerprint density at radius 3 is 1.78 bits per heavy atom. The van der Waals surface area contributed by atoms with Gasteiger partial charge in [-0.3, -0.25) is 0 Å². The van der Waals surface area contributed by atoms with Gasteiger partial charge >= 0.3 is 0 Å². The minimum absolute atomic E-state index is 0.867. The molecule has 0 atom stereocenters. The molecule has 0 aliphatic carbocycles. The molecule has 0 rings (SSSR count). The summed E-state index contributed by atoms with van der Waals surface area (Å²) in [7, 11) is 0. The molecule has 0 aromatic carbocycles. The van der Waals surface area contributed by atoms with Crippen molar-refractivity contribution < 1.29 is 3.63 Å². The van der Waals surface area contributed by atoms with Crippen molar-refractivity contribution in [2.45, 2.75) is 0 Å². The number of hydrogen-bond donors (Lipinski definition) is 2. The number of hydrogen-bond acceptors (Lipinski definition) is 5. The Hall–Kier alpha value is 1.36. The fourth-order valence-corrected chi connectivity index (χ4v) is 1.59. The van der Waals surface area contributed by atoms with E-state index in [2.05, 4.69) is 25.3 Å². The zero-order valence-corrected chi connectivity index (χ0v) is 8.37. The van der Waals surface area contributed by atoms with Crippen LogP contribution in [0.25, 0.3) is 0 Å². The van der Waals surface area contributed by atoms with Crippen LogP contribution in [0.5, 0.6) is 0 Å². The van der Waals surface area contributed by atoms with Crippen LogP contribution in [0.3, 0.4) is 0 Å². The molecule has 0 heterocycles. The first-order valence-corrected chi connectivity index (χ1v) is 5.63. The molecule has 0 aliphatic heterocycles. The van der Waals surface area contributed by atoms with Crippen LogP contribution in [0.4, 0.5) is 0 Å². The van der Waals surface area contributed by atoms with Gasteiger partial charge in [0.2, 0.25) is 0 Å². The van der Waals surface area contributed by atoms with Gasteiger partial charge in [-0.15, -0.1) is 0 Å². The lowest BCUT2D eigenvalue weighted by molar-refractivity contribution is 0.760. The van der Waals surface area contributed by atoms with Gasteiger partial charge in [-0.1, -0.05) is 0 Å². The zero-order valence-electron chi connectivity index (χ0n) is 4.95. The average Bonchev–Trinajstić information content (AvgIpc) is 1.89. The van der Waals surface area contributed by atoms with Gasteiger partial charge in [-0.2, -0.15) is 25.3 Å². The van der Waals surface area contributed by atoms with E-state index in [0.29, 0.717) is 0 Å². The molecule has 0 aromatic rings. The van der Waals surface area contributed by atoms with Gasteiger partial charge in [0.1, 0.15) is 0 Å². The predicted octanol–water partition coefficient (Wildman–Crippen LogP) is 2.16. The largest absolute Gasteiger partial charge is 0.247 e. The Kier molecular flexibility index (Phi) is 10.8. The minimum atomic E-state index is 0.867. The second-order valence-electron chi connectivity index (χ2n) is 1.16. The van der Waals surface area contributed by atoms with E-state index in [0.717, 1.165) is 23.0 Å². The Bertz CT molecular complexity index is 45.8. The highest BCUT2D eigenvalue weighted by molar-refractivity contribution is 8.08. The summed E-state index contributed by atoms with van der Waals surface area (Å²) in [5.74, 6) is 3.63. The Morgan fingerprint density at radius 2 is 1.44 bits per heavy atom. The third kappa shape index (κ3) is 9.36. The molecule has 0 N–H and O–H groups in total. The van der Waals surface area contributed by atoms with E-state index in [9.17, 15) is 0 Å². The predicted molar refractivity (Wildman–Crippen MR) is 53.7 cm³/mol. The van der Waals surface area contributed by atoms with Gasteiger partial charge in [0.15, 0.2) is 0 Å². The second kappa shape index (κ2) is 9.36. The van der Waals surface area contributed by atoms with Crippen molar-refractivity contribution in [2.24, 2.45) is 0 Å². The van der Waals surface area contributed by atoms with Crippen molar-refractivity contribution >= 4 is 49.3 Å². The maximum absolute atomic E-state index is 5.05. The highest BCUT2D eigenvalue weighted by Crippen LogP contribution is 2.14. The van der Waals surface area contributed by atoms with Crippen molar-refractivity contribution in [3.8, 4) is 0 Å². The quantitative estimate of drug-likeness (QED) is 0.388. The lowest BCUT2D eigenvalue weighted by Gasteiger charge is -1.95. The van der Waals surface area contributed by atoms with E-state index >= 15 is 0 Å². The molecule has 5 heteroatoms. The maximum Gasteiger partial charge on any atom is 0.0298 e. The van der Waals surface area contributed by atoms with Crippen molar-refractivity contribution in [2.75, 3.05) is 23.0 Å². The van der Waals surface area contributed by atoms with Crippen LogP contribution in [0.2, 0.25) is 0 Å². The molecule has 0 amide bonds. The molecule has 0 bridgehead atoms. The van der Waals surface area contributed by atoms with Gasteiger partial charge in [0.05, 0.1) is 0 Å². The average molecular weight is 202 g/mol. The monoisotopic (exact) mass is 202 g/mol. The third-order valence-corrected chi connectivity index (χ3v) is 3.01. The number of thiol groups is 2. The van der Waals surface area contributed by atoms with Crippen molar-refractivity contribution in [3.63, 3.8) is 0 Å². The van der Waals surface area contributed by atoms with Crippen LogP contribution in [-0.4, -0.2) is 23.0 Å². The summed E-state index contributed by atoms with van der Waals surface area (Å²) >= 11 is 10.9. The van der Waals surface area contributed by atoms with E-state index in [1.807, 2.05) is 0 Å². The lowest BCUT2D eigenvalue weighted by Crippen LogP contribution is -1.81. The van der Waals surface area contributed by atoms with E-state index in [1.165, 1.54) is 24.1 Å². The van der Waals surface area contributed by atoms with Gasteiger partial charge < -0.3 is 0 Å². The summed E-state index contributed by atoms with van der Waals surface area (Å²) in [6.45, 7) is 0. The fraction of sp³-hybridized carbons (Fsp3) is 1.00. The highest BCUT2D eigenvalue weighted by Gasteiger charge is 1.87. The first-order valence-electron chi connectivity index (χ1n) is 2.54. The molecule has 0 fully saturated rings. The summed E-state index contributed by atoms with van der Waals surface area (Å²) in [6, 6.07) is 0. The highest BCUT2D eigenvalue weighted by atomic mass is 32.2. The summed E-state index contributed by atoms with van der Waals surface area (Å²) < 4.78 is 5.05. The molecule has 0 saturated carbocycles. The minimum Gasteiger partial charge on any atom is -0.247 e. The van der Waals surface area contributed by atoms with E-state index in [1.54, 1.807) is 0 Å². The molecule has 9 heavy (non-hydrogen) atoms. The van der Waals surface area contributed by atoms with Gasteiger partial charge in [-0.25, -0.2) is 3.63 Å². The van der Waals surface area contributed by atoms with Crippen molar-refractivity contribution in [3.05, 3.63) is 0 Å². The van der Waals surface area contributed by atoms with Gasteiger partial charge in [-0.05, 0) is 0 Å². The molecule has 0 saturated heterocycles. The van der Waals surface area contributed by atoms with Crippen LogP contribution in [-0.2, 0) is 3.63 Å². The molecule has 0 aromatic heterocycles. The van der Waals surface area contributed by atoms with Crippen LogP contribution < -0.4 is 0 Å². The summed E-state index contributed by atoms with van der Waals surface area (Å²) in [5, 5.41) is 0. The van der Waals surface area contributed by atoms with Crippen LogP contribution in [0.1, 0.15) is 0 Å². The maximum atomic E-state index is 5.05. The second-order valence-corrected chi connectivity index (χ2v) is 3.89. The molecule has 1 nitrogen and oxygen atoms in total. The molecule has 0 aliphatic rings. The lowest BCUT2D eigenvalue weighted by atomic mass is 11.0. The van der Waals surface area contributed by atoms with Crippen molar-refractivity contribution in [1.29, 1.82) is 0 Å². The van der Waals surface area contributed by atoms with E-state index < -0.39 is 0 Å². The Balaban J connectivity index is 2.60. The first kappa shape index (κ1) is 10.4. The molecule has 0 unspecified atom stereocenters. The zero-order chi connectivity index (χ0) is 6.95. The summed E-state index contributed by atoms with van der Waals surface area (Å²) in [4.78, 5) is 0. The van der Waals surface area contributed by atoms with E-state index in [4.69, 9.17) is 3.63 Å². The fourth-order valence-electron chi connectivity index (χ4n) is 0.177. The van der Waals surface area contributed by atoms with Crippen LogP contribution in [0.15, 0.2) is 0 Å².